The summed E-state index contributed by atoms with van der Waals surface area (Å²) < 4.78 is 3.13. The second-order valence-corrected chi connectivity index (χ2v) is 5.78. The number of rotatable bonds is 5. The maximum Gasteiger partial charge on any atom is 0.0766 e. The maximum atomic E-state index is 6.34. The van der Waals surface area contributed by atoms with E-state index in [4.69, 9.17) is 5.73 Å². The third-order valence-corrected chi connectivity index (χ3v) is 4.35. The molecule has 1 unspecified atom stereocenters. The minimum Gasteiger partial charge on any atom is -0.324 e. The summed E-state index contributed by atoms with van der Waals surface area (Å²) in [6.45, 7) is 7.10. The largest absolute Gasteiger partial charge is 0.324 e. The molecular formula is C15H21BrN4. The van der Waals surface area contributed by atoms with Crippen molar-refractivity contribution in [1.82, 2.24) is 14.8 Å². The lowest BCUT2D eigenvalue weighted by molar-refractivity contribution is 0.584. The number of hydrogen-bond acceptors (Lipinski definition) is 3. The van der Waals surface area contributed by atoms with E-state index in [-0.39, 0.29) is 6.04 Å². The van der Waals surface area contributed by atoms with Crippen LogP contribution in [0.4, 0.5) is 0 Å². The quantitative estimate of drug-likeness (QED) is 0.912. The predicted molar refractivity (Wildman–Crippen MR) is 84.6 cm³/mol. The van der Waals surface area contributed by atoms with Gasteiger partial charge in [-0.1, -0.05) is 13.0 Å². The Morgan fingerprint density at radius 1 is 1.35 bits per heavy atom. The molecule has 0 bridgehead atoms. The van der Waals surface area contributed by atoms with Gasteiger partial charge in [-0.05, 0) is 47.3 Å². The topological polar surface area (TPSA) is 56.7 Å². The number of halogens is 1. The van der Waals surface area contributed by atoms with Crippen molar-refractivity contribution >= 4 is 15.9 Å². The molecule has 0 radical (unpaired) electrons. The second-order valence-electron chi connectivity index (χ2n) is 4.98. The summed E-state index contributed by atoms with van der Waals surface area (Å²) in [6.07, 6.45) is 5.37. The maximum absolute atomic E-state index is 6.34. The Hall–Kier alpha value is -1.20. The lowest BCUT2D eigenvalue weighted by Crippen LogP contribution is -2.16. The zero-order chi connectivity index (χ0) is 14.7. The molecule has 0 fully saturated rings. The number of aryl methyl sites for hydroxylation is 3. The number of pyridine rings is 1. The molecule has 2 N–H and O–H groups in total. The average molecular weight is 337 g/mol. The minimum absolute atomic E-state index is 0.0644. The summed E-state index contributed by atoms with van der Waals surface area (Å²) in [4.78, 5) is 4.22. The molecule has 0 saturated carbocycles. The van der Waals surface area contributed by atoms with E-state index in [1.54, 1.807) is 0 Å². The van der Waals surface area contributed by atoms with Gasteiger partial charge in [0, 0.05) is 31.4 Å². The Morgan fingerprint density at radius 3 is 2.70 bits per heavy atom. The van der Waals surface area contributed by atoms with Crippen molar-refractivity contribution in [3.05, 3.63) is 45.4 Å². The molecule has 1 atom stereocenters. The molecule has 2 rings (SSSR count). The number of aromatic nitrogens is 3. The summed E-state index contributed by atoms with van der Waals surface area (Å²) in [7, 11) is 0. The van der Waals surface area contributed by atoms with Crippen LogP contribution in [-0.2, 0) is 19.4 Å². The summed E-state index contributed by atoms with van der Waals surface area (Å²) >= 11 is 3.66. The number of nitrogens with zero attached hydrogens (tertiary/aromatic N) is 3. The Kier molecular flexibility index (Phi) is 4.94. The normalized spacial score (nSPS) is 12.7. The molecule has 4 nitrogen and oxygen atoms in total. The van der Waals surface area contributed by atoms with Crippen LogP contribution >= 0.6 is 15.9 Å². The SMILES string of the molecule is CCc1nn(CC)c(CC(N)c2cncc(C)c2)c1Br. The zero-order valence-electron chi connectivity index (χ0n) is 12.2. The molecule has 0 aromatic carbocycles. The van der Waals surface area contributed by atoms with E-state index in [2.05, 4.69) is 45.9 Å². The third kappa shape index (κ3) is 3.10. The van der Waals surface area contributed by atoms with Gasteiger partial charge in [0.2, 0.25) is 0 Å². The van der Waals surface area contributed by atoms with Crippen molar-refractivity contribution in [2.75, 3.05) is 0 Å². The smallest absolute Gasteiger partial charge is 0.0766 e. The van der Waals surface area contributed by atoms with E-state index in [1.807, 2.05) is 24.0 Å². The molecule has 0 aliphatic carbocycles. The molecule has 108 valence electrons. The fourth-order valence-corrected chi connectivity index (χ4v) is 3.05. The van der Waals surface area contributed by atoms with Crippen molar-refractivity contribution in [1.29, 1.82) is 0 Å². The van der Waals surface area contributed by atoms with Crippen LogP contribution in [-0.4, -0.2) is 14.8 Å². The summed E-state index contributed by atoms with van der Waals surface area (Å²) in [5.74, 6) is 0. The summed E-state index contributed by atoms with van der Waals surface area (Å²) in [6, 6.07) is 2.03. The van der Waals surface area contributed by atoms with Gasteiger partial charge in [-0.15, -0.1) is 0 Å². The van der Waals surface area contributed by atoms with Crippen LogP contribution in [0, 0.1) is 6.92 Å². The van der Waals surface area contributed by atoms with E-state index < -0.39 is 0 Å². The van der Waals surface area contributed by atoms with Gasteiger partial charge in [0.1, 0.15) is 0 Å². The highest BCUT2D eigenvalue weighted by Gasteiger charge is 2.17. The van der Waals surface area contributed by atoms with E-state index in [9.17, 15) is 0 Å². The van der Waals surface area contributed by atoms with Crippen LogP contribution in [0.1, 0.15) is 42.4 Å². The summed E-state index contributed by atoms with van der Waals surface area (Å²) in [5, 5.41) is 4.61. The van der Waals surface area contributed by atoms with Gasteiger partial charge >= 0.3 is 0 Å². The van der Waals surface area contributed by atoms with Gasteiger partial charge in [-0.3, -0.25) is 9.67 Å². The summed E-state index contributed by atoms with van der Waals surface area (Å²) in [5.41, 5.74) is 10.8. The van der Waals surface area contributed by atoms with Gasteiger partial charge < -0.3 is 5.73 Å². The Morgan fingerprint density at radius 2 is 2.10 bits per heavy atom. The second kappa shape index (κ2) is 6.50. The van der Waals surface area contributed by atoms with Crippen molar-refractivity contribution in [3.8, 4) is 0 Å². The van der Waals surface area contributed by atoms with Gasteiger partial charge in [-0.25, -0.2) is 0 Å². The molecule has 2 heterocycles. The van der Waals surface area contributed by atoms with E-state index in [0.29, 0.717) is 0 Å². The fourth-order valence-electron chi connectivity index (χ4n) is 2.32. The molecule has 0 amide bonds. The highest BCUT2D eigenvalue weighted by atomic mass is 79.9. The van der Waals surface area contributed by atoms with E-state index >= 15 is 0 Å². The van der Waals surface area contributed by atoms with E-state index in [1.165, 1.54) is 5.69 Å². The van der Waals surface area contributed by atoms with Crippen LogP contribution in [0.15, 0.2) is 22.9 Å². The van der Waals surface area contributed by atoms with Crippen LogP contribution in [0.3, 0.4) is 0 Å². The van der Waals surface area contributed by atoms with Gasteiger partial charge in [-0.2, -0.15) is 5.10 Å². The molecule has 0 spiro atoms. The van der Waals surface area contributed by atoms with Gasteiger partial charge in [0.25, 0.3) is 0 Å². The first kappa shape index (κ1) is 15.2. The lowest BCUT2D eigenvalue weighted by Gasteiger charge is -2.13. The minimum atomic E-state index is -0.0644. The van der Waals surface area contributed by atoms with Crippen LogP contribution in [0.2, 0.25) is 0 Å². The first-order valence-corrected chi connectivity index (χ1v) is 7.77. The van der Waals surface area contributed by atoms with Gasteiger partial charge in [0.15, 0.2) is 0 Å². The molecule has 0 aliphatic rings. The van der Waals surface area contributed by atoms with Crippen LogP contribution < -0.4 is 5.73 Å². The monoisotopic (exact) mass is 336 g/mol. The molecule has 2 aromatic heterocycles. The van der Waals surface area contributed by atoms with Crippen molar-refractivity contribution in [2.45, 2.75) is 46.2 Å². The van der Waals surface area contributed by atoms with Crippen LogP contribution in [0.5, 0.6) is 0 Å². The highest BCUT2D eigenvalue weighted by molar-refractivity contribution is 9.10. The first-order valence-electron chi connectivity index (χ1n) is 6.98. The molecule has 5 heteroatoms. The Labute approximate surface area is 128 Å². The first-order chi connectivity index (χ1) is 9.56. The lowest BCUT2D eigenvalue weighted by atomic mass is 10.0. The average Bonchev–Trinajstić information content (AvgIpc) is 2.75. The zero-order valence-corrected chi connectivity index (χ0v) is 13.8. The third-order valence-electron chi connectivity index (χ3n) is 3.43. The van der Waals surface area contributed by atoms with Crippen LogP contribution in [0.25, 0.3) is 0 Å². The molecule has 2 aromatic rings. The van der Waals surface area contributed by atoms with Crippen molar-refractivity contribution < 1.29 is 0 Å². The molecule has 0 aliphatic heterocycles. The Balaban J connectivity index is 2.27. The van der Waals surface area contributed by atoms with Crippen molar-refractivity contribution in [2.24, 2.45) is 5.73 Å². The van der Waals surface area contributed by atoms with Gasteiger partial charge in [0.05, 0.1) is 15.9 Å². The van der Waals surface area contributed by atoms with E-state index in [0.717, 1.165) is 40.7 Å². The standard InChI is InChI=1S/C15H21BrN4/c1-4-13-15(16)14(20(5-2)19-13)7-12(17)11-6-10(3)8-18-9-11/h6,8-9,12H,4-5,7,17H2,1-3H3. The van der Waals surface area contributed by atoms with Crippen molar-refractivity contribution in [3.63, 3.8) is 0 Å². The molecular weight excluding hydrogens is 316 g/mol. The highest BCUT2D eigenvalue weighted by Crippen LogP contribution is 2.26. The molecule has 0 saturated heterocycles. The number of hydrogen-bond donors (Lipinski definition) is 1. The Bertz CT molecular complexity index is 592. The molecule has 20 heavy (non-hydrogen) atoms. The number of nitrogens with two attached hydrogens (primary N) is 1. The fraction of sp³-hybridized carbons (Fsp3) is 0.467. The predicted octanol–water partition coefficient (Wildman–Crippen LogP) is 3.17.